The van der Waals surface area contributed by atoms with E-state index in [4.69, 9.17) is 4.74 Å². The number of ether oxygens (including phenoxy) is 1. The van der Waals surface area contributed by atoms with Gasteiger partial charge in [0.2, 0.25) is 0 Å². The van der Waals surface area contributed by atoms with Crippen LogP contribution in [-0.4, -0.2) is 24.1 Å². The Morgan fingerprint density at radius 3 is 2.75 bits per heavy atom. The first-order valence-corrected chi connectivity index (χ1v) is 7.40. The molecule has 0 bridgehead atoms. The highest BCUT2D eigenvalue weighted by molar-refractivity contribution is 8.00. The molecule has 1 rings (SSSR count). The molecule has 0 spiro atoms. The molecular weight excluding hydrogens is 220 g/mol. The minimum atomic E-state index is -0.259. The number of carbonyl (C=O) groups is 1. The van der Waals surface area contributed by atoms with Gasteiger partial charge in [-0.15, -0.1) is 0 Å². The highest BCUT2D eigenvalue weighted by Crippen LogP contribution is 2.43. The van der Waals surface area contributed by atoms with Gasteiger partial charge in [-0.1, -0.05) is 26.2 Å². The molecule has 1 aliphatic heterocycles. The molecule has 1 saturated heterocycles. The summed E-state index contributed by atoms with van der Waals surface area (Å²) in [5, 5.41) is 0.469. The Balaban J connectivity index is 2.62. The predicted octanol–water partition coefficient (Wildman–Crippen LogP) is 3.64. The smallest absolute Gasteiger partial charge is 0.312 e. The van der Waals surface area contributed by atoms with E-state index >= 15 is 0 Å². The molecule has 0 N–H and O–H groups in total. The van der Waals surface area contributed by atoms with Gasteiger partial charge in [-0.05, 0) is 31.9 Å². The average Bonchev–Trinajstić information content (AvgIpc) is 2.82. The molecule has 0 aromatic rings. The van der Waals surface area contributed by atoms with Crippen LogP contribution in [0.25, 0.3) is 0 Å². The summed E-state index contributed by atoms with van der Waals surface area (Å²) in [6.45, 7) is 4.29. The van der Waals surface area contributed by atoms with Gasteiger partial charge < -0.3 is 4.74 Å². The SMILES string of the molecule is CCCCCC(C)(C(=O)OC)C1CCCS1. The number of hydrogen-bond donors (Lipinski definition) is 0. The van der Waals surface area contributed by atoms with Crippen LogP contribution in [0.2, 0.25) is 0 Å². The van der Waals surface area contributed by atoms with Crippen molar-refractivity contribution in [3.05, 3.63) is 0 Å². The number of unbranched alkanes of at least 4 members (excludes halogenated alkanes) is 2. The number of methoxy groups -OCH3 is 1. The van der Waals surface area contributed by atoms with E-state index in [1.165, 1.54) is 38.5 Å². The van der Waals surface area contributed by atoms with Crippen LogP contribution in [0, 0.1) is 5.41 Å². The fraction of sp³-hybridized carbons (Fsp3) is 0.923. The van der Waals surface area contributed by atoms with Crippen LogP contribution in [0.5, 0.6) is 0 Å². The van der Waals surface area contributed by atoms with E-state index < -0.39 is 0 Å². The summed E-state index contributed by atoms with van der Waals surface area (Å²) in [7, 11) is 1.51. The van der Waals surface area contributed by atoms with E-state index in [0.717, 1.165) is 12.8 Å². The molecule has 0 aromatic heterocycles. The first kappa shape index (κ1) is 13.9. The maximum atomic E-state index is 12.0. The highest BCUT2D eigenvalue weighted by atomic mass is 32.2. The zero-order chi connectivity index (χ0) is 12.0. The Bertz CT molecular complexity index is 224. The lowest BCUT2D eigenvalue weighted by Crippen LogP contribution is -2.38. The number of esters is 1. The van der Waals surface area contributed by atoms with Gasteiger partial charge in [0.05, 0.1) is 12.5 Å². The maximum Gasteiger partial charge on any atom is 0.312 e. The van der Waals surface area contributed by atoms with Gasteiger partial charge in [0.25, 0.3) is 0 Å². The highest BCUT2D eigenvalue weighted by Gasteiger charge is 2.43. The molecule has 1 aliphatic rings. The van der Waals surface area contributed by atoms with Gasteiger partial charge in [0.1, 0.15) is 0 Å². The Morgan fingerprint density at radius 2 is 2.25 bits per heavy atom. The molecule has 1 heterocycles. The predicted molar refractivity (Wildman–Crippen MR) is 69.7 cm³/mol. The zero-order valence-corrected chi connectivity index (χ0v) is 11.6. The molecule has 0 aromatic carbocycles. The third-order valence-corrected chi connectivity index (χ3v) is 5.27. The number of carbonyl (C=O) groups excluding carboxylic acids is 1. The van der Waals surface area contributed by atoms with Crippen molar-refractivity contribution < 1.29 is 9.53 Å². The molecule has 1 fully saturated rings. The van der Waals surface area contributed by atoms with Crippen LogP contribution in [0.15, 0.2) is 0 Å². The van der Waals surface area contributed by atoms with Crippen molar-refractivity contribution in [1.82, 2.24) is 0 Å². The number of hydrogen-bond acceptors (Lipinski definition) is 3. The second-order valence-corrected chi connectivity index (χ2v) is 6.18. The van der Waals surface area contributed by atoms with Crippen molar-refractivity contribution in [2.45, 2.75) is 57.6 Å². The van der Waals surface area contributed by atoms with Crippen molar-refractivity contribution in [3.8, 4) is 0 Å². The van der Waals surface area contributed by atoms with Crippen molar-refractivity contribution >= 4 is 17.7 Å². The summed E-state index contributed by atoms with van der Waals surface area (Å²) in [4.78, 5) is 12.0. The quantitative estimate of drug-likeness (QED) is 0.527. The monoisotopic (exact) mass is 244 g/mol. The Morgan fingerprint density at radius 1 is 1.50 bits per heavy atom. The second-order valence-electron chi connectivity index (χ2n) is 4.87. The summed E-state index contributed by atoms with van der Waals surface area (Å²) < 4.78 is 5.01. The van der Waals surface area contributed by atoms with Gasteiger partial charge in [0, 0.05) is 5.25 Å². The molecule has 2 nitrogen and oxygen atoms in total. The standard InChI is InChI=1S/C13H24O2S/c1-4-5-6-9-13(2,12(14)15-3)11-8-7-10-16-11/h11H,4-10H2,1-3H3. The van der Waals surface area contributed by atoms with Crippen molar-refractivity contribution in [2.24, 2.45) is 5.41 Å². The van der Waals surface area contributed by atoms with Crippen LogP contribution in [-0.2, 0) is 9.53 Å². The molecule has 2 atom stereocenters. The van der Waals surface area contributed by atoms with Crippen molar-refractivity contribution in [2.75, 3.05) is 12.9 Å². The molecule has 94 valence electrons. The first-order chi connectivity index (χ1) is 7.65. The van der Waals surface area contributed by atoms with E-state index in [1.807, 2.05) is 11.8 Å². The van der Waals surface area contributed by atoms with Gasteiger partial charge in [-0.25, -0.2) is 0 Å². The number of rotatable bonds is 6. The third kappa shape index (κ3) is 3.16. The summed E-state index contributed by atoms with van der Waals surface area (Å²) in [5.74, 6) is 1.19. The van der Waals surface area contributed by atoms with Crippen LogP contribution < -0.4 is 0 Å². The lowest BCUT2D eigenvalue weighted by Gasteiger charge is -2.32. The lowest BCUT2D eigenvalue weighted by atomic mass is 9.79. The summed E-state index contributed by atoms with van der Waals surface area (Å²) >= 11 is 1.95. The van der Waals surface area contributed by atoms with Gasteiger partial charge in [-0.2, -0.15) is 11.8 Å². The molecule has 16 heavy (non-hydrogen) atoms. The average molecular weight is 244 g/mol. The van der Waals surface area contributed by atoms with Crippen molar-refractivity contribution in [1.29, 1.82) is 0 Å². The summed E-state index contributed by atoms with van der Waals surface area (Å²) in [5.41, 5.74) is -0.259. The summed E-state index contributed by atoms with van der Waals surface area (Å²) in [6, 6.07) is 0. The van der Waals surface area contributed by atoms with Gasteiger partial charge >= 0.3 is 5.97 Å². The lowest BCUT2D eigenvalue weighted by molar-refractivity contribution is -0.152. The van der Waals surface area contributed by atoms with E-state index in [0.29, 0.717) is 5.25 Å². The van der Waals surface area contributed by atoms with Crippen molar-refractivity contribution in [3.63, 3.8) is 0 Å². The largest absolute Gasteiger partial charge is 0.469 e. The number of thioether (sulfide) groups is 1. The molecule has 0 radical (unpaired) electrons. The normalized spacial score (nSPS) is 24.1. The van der Waals surface area contributed by atoms with Gasteiger partial charge in [-0.3, -0.25) is 4.79 Å². The molecule has 2 unspecified atom stereocenters. The Kier molecular flexibility index (Phi) is 5.67. The first-order valence-electron chi connectivity index (χ1n) is 6.35. The van der Waals surface area contributed by atoms with E-state index in [9.17, 15) is 4.79 Å². The molecule has 3 heteroatoms. The summed E-state index contributed by atoms with van der Waals surface area (Å²) in [6.07, 6.45) is 6.95. The third-order valence-electron chi connectivity index (χ3n) is 3.59. The zero-order valence-electron chi connectivity index (χ0n) is 10.8. The minimum Gasteiger partial charge on any atom is -0.469 e. The topological polar surface area (TPSA) is 26.3 Å². The fourth-order valence-corrected chi connectivity index (χ4v) is 3.98. The maximum absolute atomic E-state index is 12.0. The van der Waals surface area contributed by atoms with Crippen LogP contribution in [0.3, 0.4) is 0 Å². The van der Waals surface area contributed by atoms with E-state index in [-0.39, 0.29) is 11.4 Å². The molecular formula is C13H24O2S. The van der Waals surface area contributed by atoms with Crippen LogP contribution >= 0.6 is 11.8 Å². The molecule has 0 aliphatic carbocycles. The Labute approximate surface area is 104 Å². The minimum absolute atomic E-state index is 0.0111. The van der Waals surface area contributed by atoms with E-state index in [2.05, 4.69) is 13.8 Å². The fourth-order valence-electron chi connectivity index (χ4n) is 2.45. The van der Waals surface area contributed by atoms with Crippen LogP contribution in [0.1, 0.15) is 52.4 Å². The second kappa shape index (κ2) is 6.53. The Hall–Kier alpha value is -0.180. The van der Waals surface area contributed by atoms with E-state index in [1.54, 1.807) is 0 Å². The molecule has 0 amide bonds. The van der Waals surface area contributed by atoms with Gasteiger partial charge in [0.15, 0.2) is 0 Å². The molecule has 0 saturated carbocycles. The van der Waals surface area contributed by atoms with Crippen LogP contribution in [0.4, 0.5) is 0 Å².